The summed E-state index contributed by atoms with van der Waals surface area (Å²) < 4.78 is 169. The highest BCUT2D eigenvalue weighted by atomic mass is 31.2. The highest BCUT2D eigenvalue weighted by Crippen LogP contribution is 2.56. The fourth-order valence-corrected chi connectivity index (χ4v) is 19.0. The number of H-pyrrole nitrogens is 3. The van der Waals surface area contributed by atoms with Crippen molar-refractivity contribution in [1.82, 2.24) is 87.2 Å². The Labute approximate surface area is 668 Å². The van der Waals surface area contributed by atoms with Gasteiger partial charge < -0.3 is 80.3 Å². The molecule has 6 aliphatic heterocycles. The van der Waals surface area contributed by atoms with Gasteiger partial charge in [0.15, 0.2) is 34.4 Å². The third kappa shape index (κ3) is 18.8. The number of aromatic nitrogens is 18. The van der Waals surface area contributed by atoms with Gasteiger partial charge in [-0.2, -0.15) is 0 Å². The number of hydrogen-bond acceptors (Lipinski definition) is 41. The van der Waals surface area contributed by atoms with Crippen LogP contribution in [-0.4, -0.2) is 235 Å². The van der Waals surface area contributed by atoms with Crippen LogP contribution in [0.2, 0.25) is 0 Å². The summed E-state index contributed by atoms with van der Waals surface area (Å²) >= 11 is 0. The summed E-state index contributed by atoms with van der Waals surface area (Å²) in [6.07, 6.45) is -18.6. The van der Waals surface area contributed by atoms with Crippen molar-refractivity contribution in [2.75, 3.05) is 56.8 Å². The molecular formula is C60H76N21O34P5. The minimum atomic E-state index is -5.64. The quantitative estimate of drug-likeness (QED) is 0.0212. The second kappa shape index (κ2) is 34.2. The first kappa shape index (κ1) is 86.3. The van der Waals surface area contributed by atoms with Gasteiger partial charge in [0, 0.05) is 73.8 Å². The highest BCUT2D eigenvalue weighted by molar-refractivity contribution is 7.48. The molecule has 23 atom stereocenters. The van der Waals surface area contributed by atoms with Crippen LogP contribution in [0.15, 0.2) is 85.3 Å². The van der Waals surface area contributed by atoms with Gasteiger partial charge in [0.2, 0.25) is 0 Å². The summed E-state index contributed by atoms with van der Waals surface area (Å²) in [4.78, 5) is 178. The molecule has 6 saturated heterocycles. The number of aryl methyl sites for hydroxylation is 3. The third-order valence-corrected chi connectivity index (χ3v) is 25.2. The van der Waals surface area contributed by atoms with Gasteiger partial charge in [-0.25, -0.2) is 82.1 Å². The summed E-state index contributed by atoms with van der Waals surface area (Å²) in [5.74, 6) is 0.0191. The van der Waals surface area contributed by atoms with Crippen molar-refractivity contribution in [3.8, 4) is 0 Å². The Morgan fingerprint density at radius 1 is 0.375 bits per heavy atom. The van der Waals surface area contributed by atoms with E-state index >= 15 is 0 Å². The van der Waals surface area contributed by atoms with E-state index in [4.69, 9.17) is 90.9 Å². The maximum atomic E-state index is 14.5. The van der Waals surface area contributed by atoms with Gasteiger partial charge in [0.25, 0.3) is 16.7 Å². The number of aliphatic hydroxyl groups excluding tert-OH is 2. The molecule has 0 aromatic carbocycles. The van der Waals surface area contributed by atoms with E-state index in [1.165, 1.54) is 66.1 Å². The number of nitrogens with one attached hydrogen (secondary N) is 3. The number of aromatic amines is 3. The number of phosphoric acid groups is 5. The number of ether oxygens (including phenoxy) is 6. The summed E-state index contributed by atoms with van der Waals surface area (Å²) in [7, 11) is -27.4. The van der Waals surface area contributed by atoms with Gasteiger partial charge in [-0.05, 0) is 20.8 Å². The zero-order valence-electron chi connectivity index (χ0n) is 62.4. The van der Waals surface area contributed by atoms with E-state index in [1.807, 2.05) is 0 Å². The lowest BCUT2D eigenvalue weighted by Crippen LogP contribution is -2.33. The lowest BCUT2D eigenvalue weighted by Gasteiger charge is -2.26. The predicted octanol–water partition coefficient (Wildman–Crippen LogP) is -1.58. The van der Waals surface area contributed by atoms with Crippen LogP contribution in [0, 0.1) is 20.8 Å². The smallest absolute Gasteiger partial charge is 0.394 e. The normalized spacial score (nSPS) is 29.7. The SMILES string of the molecule is Cc1cn([C@H]2C[C@H](OP(=O)(O)OC[C@H]3O[C@@H](n4cnc5c(N)ncnc54)C[C@@H]3OP(=O)(O)OC[C@H]3O[C@@H](n4cc(C)c(=O)[nH]c4=O)C[C@@H]3OP(=O)(O)OC[C@H]3O[C@@H](n4cnc5c(N)ncnc54)C[C@@H]3O)[C@@H](COP(=O)(O)O[C@H]3C[C@H](n4cc(C)c(=O)[nH]c4=O)O[C@@H]3COP(=O)(O)O[C@H]3C[C@H](n4cnc5c(N)ncnc54)O[C@@H]3CO)O2)c(=O)[nH]c1=O. The Kier molecular flexibility index (Phi) is 24.6. The highest BCUT2D eigenvalue weighted by Gasteiger charge is 2.52. The van der Waals surface area contributed by atoms with E-state index in [0.717, 1.165) is 38.6 Å². The number of nitrogens with two attached hydrogens (primary N) is 3. The fraction of sp³-hybridized carbons (Fsp3) is 0.550. The van der Waals surface area contributed by atoms with Crippen LogP contribution in [-0.2, 0) is 96.5 Å². The van der Waals surface area contributed by atoms with Crippen molar-refractivity contribution in [2.24, 2.45) is 0 Å². The zero-order chi connectivity index (χ0) is 85.4. The van der Waals surface area contributed by atoms with Crippen molar-refractivity contribution in [1.29, 1.82) is 0 Å². The van der Waals surface area contributed by atoms with E-state index in [1.54, 1.807) is 0 Å². The molecule has 9 aromatic heterocycles. The molecule has 15 heterocycles. The fourth-order valence-electron chi connectivity index (χ4n) is 14.2. The number of nitrogen functional groups attached to an aromatic ring is 3. The first-order valence-corrected chi connectivity index (χ1v) is 43.6. The molecule has 0 saturated carbocycles. The van der Waals surface area contributed by atoms with Gasteiger partial charge >= 0.3 is 56.2 Å². The summed E-state index contributed by atoms with van der Waals surface area (Å²) in [5.41, 5.74) is 13.5. The van der Waals surface area contributed by atoms with E-state index in [0.29, 0.717) is 0 Å². The number of nitrogens with zero attached hydrogens (tertiary/aromatic N) is 15. The van der Waals surface area contributed by atoms with Gasteiger partial charge in [-0.3, -0.25) is 102 Å². The molecule has 9 aromatic rings. The minimum Gasteiger partial charge on any atom is -0.394 e. The van der Waals surface area contributed by atoms with Gasteiger partial charge in [0.05, 0.1) is 64.7 Å². The Morgan fingerprint density at radius 2 is 0.617 bits per heavy atom. The summed E-state index contributed by atoms with van der Waals surface area (Å²) in [6, 6.07) is 0. The van der Waals surface area contributed by atoms with Crippen molar-refractivity contribution in [3.05, 3.63) is 136 Å². The number of anilines is 3. The predicted molar refractivity (Wildman–Crippen MR) is 395 cm³/mol. The van der Waals surface area contributed by atoms with Crippen molar-refractivity contribution < 1.29 is 131 Å². The standard InChI is InChI=1S/C60H76N21O34P5/c1-25-10-76(58(87)73-55(25)84)41-6-30(112-116(90,91)100-14-35-28(83)4-40(106-35)79-22-70-46-49(61)64-19-67-52(46)79)37(108-41)16-103-120(98,99)115-33-9-45(81-24-72-48-51(63)66-21-69-54(48)81)110-39(33)18-104-119(96,97)114-32-8-43(78-12-27(3)57(86)75-60(78)89)109-38(32)17-102-118(94,95)113-31-7-42(77-11-26(2)56(85)74-59(77)88)107-36(31)15-101-117(92,93)111-29-5-44(105-34(29)13-82)80-23-71-47-50(62)65-20-68-53(47)80/h10-12,19-24,28-45,82-83H,4-9,13-18H2,1-3H3,(H,90,91)(H,92,93)(H,94,95)(H,96,97)(H,98,99)(H2,61,64,67)(H2,62,65,68)(H2,63,66,69)(H,73,84,87)(H,74,85,88)(H,75,86,89)/t28-,29-,30-,31-,32-,33-,34+,35+,36+,37+,38+,39+,40+,41+,42+,43+,44+,45+/m0/s1. The number of fused-ring (bicyclic) bond motifs is 3. The van der Waals surface area contributed by atoms with E-state index in [-0.39, 0.29) is 80.5 Å². The monoisotopic (exact) mass is 1790 g/mol. The van der Waals surface area contributed by atoms with Crippen molar-refractivity contribution >= 4 is 90.1 Å². The van der Waals surface area contributed by atoms with Gasteiger partial charge in [-0.15, -0.1) is 0 Å². The van der Waals surface area contributed by atoms with Crippen molar-refractivity contribution in [2.45, 2.75) is 170 Å². The van der Waals surface area contributed by atoms with Crippen LogP contribution < -0.4 is 50.9 Å². The average molecular weight is 1790 g/mol. The molecule has 6 aliphatic rings. The summed E-state index contributed by atoms with van der Waals surface area (Å²) in [6.45, 7) is -1.80. The van der Waals surface area contributed by atoms with Crippen LogP contribution in [0.5, 0.6) is 0 Å². The topological polar surface area (TPSA) is 748 Å². The van der Waals surface area contributed by atoms with Crippen LogP contribution in [0.25, 0.3) is 33.5 Å². The van der Waals surface area contributed by atoms with E-state index < -0.39 is 249 Å². The first-order valence-electron chi connectivity index (χ1n) is 36.1. The van der Waals surface area contributed by atoms with Crippen LogP contribution in [0.3, 0.4) is 0 Å². The van der Waals surface area contributed by atoms with Gasteiger partial charge in [-0.1, -0.05) is 0 Å². The van der Waals surface area contributed by atoms with Crippen LogP contribution in [0.4, 0.5) is 17.5 Å². The second-order valence-corrected chi connectivity index (χ2v) is 35.2. The van der Waals surface area contributed by atoms with Crippen LogP contribution >= 0.6 is 39.1 Å². The molecule has 5 unspecified atom stereocenters. The third-order valence-electron chi connectivity index (χ3n) is 20.1. The van der Waals surface area contributed by atoms with Gasteiger partial charge in [0.1, 0.15) is 140 Å². The molecule has 120 heavy (non-hydrogen) atoms. The molecule has 6 fully saturated rings. The molecule has 0 bridgehead atoms. The summed E-state index contributed by atoms with van der Waals surface area (Å²) in [5, 5.41) is 21.3. The molecule has 0 amide bonds. The maximum absolute atomic E-state index is 14.5. The number of rotatable bonds is 32. The number of phosphoric ester groups is 5. The number of imidazole rings is 3. The van der Waals surface area contributed by atoms with E-state index in [9.17, 15) is 86.3 Å². The Bertz CT molecular complexity index is 6000. The molecule has 0 aliphatic carbocycles. The molecule has 16 N–H and O–H groups in total. The lowest BCUT2D eigenvalue weighted by atomic mass is 10.2. The molecule has 0 radical (unpaired) electrons. The molecule has 650 valence electrons. The van der Waals surface area contributed by atoms with E-state index in [2.05, 4.69) is 59.8 Å². The Balaban J connectivity index is 0.629. The molecule has 15 rings (SSSR count). The molecular weight excluding hydrogens is 1710 g/mol. The average Bonchev–Trinajstić information content (AvgIpc) is 1.65. The zero-order valence-corrected chi connectivity index (χ0v) is 66.9. The first-order chi connectivity index (χ1) is 56.8. The van der Waals surface area contributed by atoms with Crippen molar-refractivity contribution in [3.63, 3.8) is 0 Å². The molecule has 0 spiro atoms. The van der Waals surface area contributed by atoms with Crippen LogP contribution in [0.1, 0.15) is 92.6 Å². The minimum absolute atomic E-state index is 0.00277. The lowest BCUT2D eigenvalue weighted by molar-refractivity contribution is -0.0651. The molecule has 60 heteroatoms. The molecule has 55 nitrogen and oxygen atoms in total. The number of hydrogen-bond donors (Lipinski definition) is 13. The Hall–Kier alpha value is -8.68. The second-order valence-electron chi connectivity index (χ2n) is 28.2. The Morgan fingerprint density at radius 3 is 0.900 bits per heavy atom. The number of aliphatic hydroxyl groups is 2. The largest absolute Gasteiger partial charge is 0.472 e. The maximum Gasteiger partial charge on any atom is 0.472 e.